The van der Waals surface area contributed by atoms with Crippen molar-refractivity contribution in [1.29, 1.82) is 0 Å². The van der Waals surface area contributed by atoms with Crippen LogP contribution in [0, 0.1) is 5.92 Å². The average Bonchev–Trinajstić information content (AvgIpc) is 2.72. The molecule has 29 heavy (non-hydrogen) atoms. The van der Waals surface area contributed by atoms with E-state index in [4.69, 9.17) is 0 Å². The summed E-state index contributed by atoms with van der Waals surface area (Å²) in [6.45, 7) is 6.78. The number of piperidine rings is 1. The number of fused-ring (bicyclic) bond motifs is 1. The molecule has 2 aliphatic heterocycles. The van der Waals surface area contributed by atoms with Crippen molar-refractivity contribution in [2.24, 2.45) is 5.92 Å². The van der Waals surface area contributed by atoms with E-state index in [1.165, 1.54) is 11.2 Å². The highest BCUT2D eigenvalue weighted by Crippen LogP contribution is 2.31. The Morgan fingerprint density at radius 2 is 2.00 bits per heavy atom. The summed E-state index contributed by atoms with van der Waals surface area (Å²) in [4.78, 5) is 26.3. The van der Waals surface area contributed by atoms with Gasteiger partial charge in [0.2, 0.25) is 21.8 Å². The van der Waals surface area contributed by atoms with Gasteiger partial charge in [0, 0.05) is 38.3 Å². The van der Waals surface area contributed by atoms with Crippen LogP contribution in [-0.4, -0.2) is 50.2 Å². The van der Waals surface area contributed by atoms with Crippen LogP contribution in [0.2, 0.25) is 0 Å². The minimum atomic E-state index is -3.68. The highest BCUT2D eigenvalue weighted by atomic mass is 32.2. The molecule has 0 unspecified atom stereocenters. The summed E-state index contributed by atoms with van der Waals surface area (Å²) in [5, 5.41) is 2.97. The fourth-order valence-electron chi connectivity index (χ4n) is 4.05. The van der Waals surface area contributed by atoms with Gasteiger partial charge in [-0.25, -0.2) is 8.42 Å². The second kappa shape index (κ2) is 8.83. The van der Waals surface area contributed by atoms with Crippen molar-refractivity contribution < 1.29 is 18.0 Å². The molecule has 160 valence electrons. The van der Waals surface area contributed by atoms with Gasteiger partial charge in [-0.1, -0.05) is 6.92 Å². The van der Waals surface area contributed by atoms with Crippen molar-refractivity contribution >= 4 is 27.5 Å². The predicted molar refractivity (Wildman–Crippen MR) is 112 cm³/mol. The Morgan fingerprint density at radius 3 is 2.69 bits per heavy atom. The molecule has 1 N–H and O–H groups in total. The summed E-state index contributed by atoms with van der Waals surface area (Å²) < 4.78 is 27.9. The van der Waals surface area contributed by atoms with Gasteiger partial charge in [0.05, 0.1) is 10.8 Å². The Kier molecular flexibility index (Phi) is 6.63. The molecular formula is C21H31N3O4S. The first kappa shape index (κ1) is 21.8. The third-order valence-corrected chi connectivity index (χ3v) is 7.80. The van der Waals surface area contributed by atoms with Crippen LogP contribution in [-0.2, 0) is 26.0 Å². The van der Waals surface area contributed by atoms with Crippen LogP contribution in [0.1, 0.15) is 52.0 Å². The normalized spacial score (nSPS) is 21.3. The lowest BCUT2D eigenvalue weighted by molar-refractivity contribution is -0.126. The number of amides is 2. The zero-order chi connectivity index (χ0) is 21.2. The Balaban J connectivity index is 1.80. The number of benzene rings is 1. The molecule has 7 nitrogen and oxygen atoms in total. The largest absolute Gasteiger partial charge is 0.353 e. The van der Waals surface area contributed by atoms with Gasteiger partial charge in [0.15, 0.2) is 0 Å². The van der Waals surface area contributed by atoms with Gasteiger partial charge >= 0.3 is 0 Å². The molecule has 0 bridgehead atoms. The molecule has 1 fully saturated rings. The predicted octanol–water partition coefficient (Wildman–Crippen LogP) is 2.30. The summed E-state index contributed by atoms with van der Waals surface area (Å²) in [5.41, 5.74) is 1.68. The van der Waals surface area contributed by atoms with Gasteiger partial charge < -0.3 is 10.2 Å². The van der Waals surface area contributed by atoms with Gasteiger partial charge in [-0.3, -0.25) is 9.59 Å². The van der Waals surface area contributed by atoms with E-state index in [-0.39, 0.29) is 35.2 Å². The molecule has 0 aromatic heterocycles. The molecule has 1 aromatic rings. The van der Waals surface area contributed by atoms with Gasteiger partial charge in [-0.05, 0) is 62.8 Å². The highest BCUT2D eigenvalue weighted by molar-refractivity contribution is 7.89. The minimum absolute atomic E-state index is 0.0345. The Bertz CT molecular complexity index is 884. The standard InChI is InChI=1S/C21H31N3O4S/c1-4-15(2)22-21(26)18-8-5-11-23(14-18)29(27,28)19-9-10-20-17(13-19)7-6-12-24(20)16(3)25/h9-10,13,15,18H,4-8,11-12,14H2,1-3H3,(H,22,26)/t15-,18+/m0/s1. The molecule has 2 aliphatic rings. The average molecular weight is 422 g/mol. The molecule has 8 heteroatoms. The summed E-state index contributed by atoms with van der Waals surface area (Å²) in [7, 11) is -3.68. The van der Waals surface area contributed by atoms with E-state index < -0.39 is 10.0 Å². The van der Waals surface area contributed by atoms with Crippen LogP contribution in [0.15, 0.2) is 23.1 Å². The van der Waals surface area contributed by atoms with E-state index in [9.17, 15) is 18.0 Å². The maximum absolute atomic E-state index is 13.2. The fraction of sp³-hybridized carbons (Fsp3) is 0.619. The Morgan fingerprint density at radius 1 is 1.24 bits per heavy atom. The zero-order valence-electron chi connectivity index (χ0n) is 17.5. The summed E-state index contributed by atoms with van der Waals surface area (Å²) in [5.74, 6) is -0.423. The second-order valence-corrected chi connectivity index (χ2v) is 10.0. The van der Waals surface area contributed by atoms with Crippen LogP contribution in [0.4, 0.5) is 5.69 Å². The molecule has 1 saturated heterocycles. The number of hydrogen-bond donors (Lipinski definition) is 1. The number of aryl methyl sites for hydroxylation is 1. The van der Waals surface area contributed by atoms with E-state index in [1.807, 2.05) is 13.8 Å². The number of hydrogen-bond acceptors (Lipinski definition) is 4. The number of nitrogens with zero attached hydrogens (tertiary/aromatic N) is 2. The van der Waals surface area contributed by atoms with Crippen LogP contribution in [0.25, 0.3) is 0 Å². The molecule has 0 saturated carbocycles. The quantitative estimate of drug-likeness (QED) is 0.790. The molecule has 2 heterocycles. The van der Waals surface area contributed by atoms with Gasteiger partial charge in [-0.15, -0.1) is 0 Å². The van der Waals surface area contributed by atoms with Crippen molar-refractivity contribution in [3.8, 4) is 0 Å². The Labute approximate surface area is 173 Å². The zero-order valence-corrected chi connectivity index (χ0v) is 18.3. The topological polar surface area (TPSA) is 86.8 Å². The van der Waals surface area contributed by atoms with Gasteiger partial charge in [-0.2, -0.15) is 4.31 Å². The summed E-state index contributed by atoms with van der Waals surface area (Å²) >= 11 is 0. The molecule has 0 aliphatic carbocycles. The molecule has 2 atom stereocenters. The van der Waals surface area contributed by atoms with Gasteiger partial charge in [0.25, 0.3) is 0 Å². The number of carbonyl (C=O) groups excluding carboxylic acids is 2. The number of anilines is 1. The highest BCUT2D eigenvalue weighted by Gasteiger charge is 2.34. The first-order valence-corrected chi connectivity index (χ1v) is 11.9. The number of sulfonamides is 1. The first-order chi connectivity index (χ1) is 13.7. The SMILES string of the molecule is CC[C@H](C)NC(=O)[C@@H]1CCCN(S(=O)(=O)c2ccc3c(c2)CCCN3C(C)=O)C1. The molecule has 2 amide bonds. The first-order valence-electron chi connectivity index (χ1n) is 10.5. The van der Waals surface area contributed by atoms with Gasteiger partial charge in [0.1, 0.15) is 0 Å². The lowest BCUT2D eigenvalue weighted by atomic mass is 9.98. The lowest BCUT2D eigenvalue weighted by Crippen LogP contribution is -2.47. The minimum Gasteiger partial charge on any atom is -0.353 e. The monoisotopic (exact) mass is 421 g/mol. The number of nitrogens with one attached hydrogen (secondary N) is 1. The van der Waals surface area contributed by atoms with E-state index in [2.05, 4.69) is 5.32 Å². The van der Waals surface area contributed by atoms with Crippen LogP contribution >= 0.6 is 0 Å². The smallest absolute Gasteiger partial charge is 0.243 e. The molecule has 3 rings (SSSR count). The van der Waals surface area contributed by atoms with E-state index >= 15 is 0 Å². The lowest BCUT2D eigenvalue weighted by Gasteiger charge is -2.33. The third-order valence-electron chi connectivity index (χ3n) is 5.94. The maximum atomic E-state index is 13.2. The second-order valence-electron chi connectivity index (χ2n) is 8.08. The number of rotatable bonds is 5. The number of carbonyl (C=O) groups is 2. The van der Waals surface area contributed by atoms with Crippen molar-refractivity contribution in [3.05, 3.63) is 23.8 Å². The van der Waals surface area contributed by atoms with E-state index in [1.54, 1.807) is 23.1 Å². The maximum Gasteiger partial charge on any atom is 0.243 e. The molecule has 0 spiro atoms. The van der Waals surface area contributed by atoms with Crippen molar-refractivity contribution in [1.82, 2.24) is 9.62 Å². The van der Waals surface area contributed by atoms with E-state index in [0.29, 0.717) is 25.9 Å². The summed E-state index contributed by atoms with van der Waals surface area (Å²) in [6.07, 6.45) is 3.78. The van der Waals surface area contributed by atoms with Crippen LogP contribution in [0.5, 0.6) is 0 Å². The van der Waals surface area contributed by atoms with Crippen LogP contribution < -0.4 is 10.2 Å². The summed E-state index contributed by atoms with van der Waals surface area (Å²) in [6, 6.07) is 5.10. The fourth-order valence-corrected chi connectivity index (χ4v) is 5.62. The molecule has 0 radical (unpaired) electrons. The van der Waals surface area contributed by atoms with E-state index in [0.717, 1.165) is 30.5 Å². The van der Waals surface area contributed by atoms with Crippen LogP contribution in [0.3, 0.4) is 0 Å². The van der Waals surface area contributed by atoms with Crippen molar-refractivity contribution in [2.45, 2.75) is 63.8 Å². The molecular weight excluding hydrogens is 390 g/mol. The van der Waals surface area contributed by atoms with Crippen molar-refractivity contribution in [3.63, 3.8) is 0 Å². The third kappa shape index (κ3) is 4.64. The molecule has 1 aromatic carbocycles. The van der Waals surface area contributed by atoms with Crippen molar-refractivity contribution in [2.75, 3.05) is 24.5 Å². The Hall–Kier alpha value is -1.93.